The van der Waals surface area contributed by atoms with E-state index in [0.717, 1.165) is 15.9 Å². The van der Waals surface area contributed by atoms with Gasteiger partial charge in [-0.2, -0.15) is 0 Å². The predicted octanol–water partition coefficient (Wildman–Crippen LogP) is 1.91. The number of ether oxygens (including phenoxy) is 3. The van der Waals surface area contributed by atoms with Crippen molar-refractivity contribution < 1.29 is 41.8 Å². The lowest BCUT2D eigenvalue weighted by molar-refractivity contribution is -0.161. The molecular formula is C21H23F3N2O7. The Morgan fingerprint density at radius 1 is 0.970 bits per heavy atom. The Morgan fingerprint density at radius 3 is 2.03 bits per heavy atom. The highest BCUT2D eigenvalue weighted by Crippen LogP contribution is 2.22. The van der Waals surface area contributed by atoms with Gasteiger partial charge in [0.25, 0.3) is 0 Å². The molecule has 0 bridgehead atoms. The Balaban J connectivity index is 2.72. The summed E-state index contributed by atoms with van der Waals surface area (Å²) in [6, 6.07) is 0.456. The van der Waals surface area contributed by atoms with Gasteiger partial charge in [-0.05, 0) is 26.8 Å². The topological polar surface area (TPSA) is 104 Å². The highest BCUT2D eigenvalue weighted by atomic mass is 19.2. The molecule has 0 spiro atoms. The van der Waals surface area contributed by atoms with Gasteiger partial charge in [-0.1, -0.05) is 0 Å². The molecule has 0 aliphatic rings. The Kier molecular flexibility index (Phi) is 8.44. The number of benzene rings is 1. The Morgan fingerprint density at radius 2 is 1.52 bits per heavy atom. The molecule has 0 atom stereocenters. The summed E-state index contributed by atoms with van der Waals surface area (Å²) in [6.07, 6.45) is 0.858. The van der Waals surface area contributed by atoms with Crippen LogP contribution in [0.25, 0.3) is 10.9 Å². The van der Waals surface area contributed by atoms with E-state index in [2.05, 4.69) is 0 Å². The molecule has 33 heavy (non-hydrogen) atoms. The molecule has 0 aliphatic carbocycles. The van der Waals surface area contributed by atoms with Gasteiger partial charge in [-0.25, -0.2) is 18.0 Å². The summed E-state index contributed by atoms with van der Waals surface area (Å²) in [4.78, 5) is 49.6. The minimum atomic E-state index is -1.85. The van der Waals surface area contributed by atoms with Crippen LogP contribution in [-0.4, -0.2) is 56.0 Å². The van der Waals surface area contributed by atoms with Crippen molar-refractivity contribution in [3.05, 3.63) is 45.5 Å². The Bertz CT molecular complexity index is 1120. The van der Waals surface area contributed by atoms with Crippen molar-refractivity contribution in [3.8, 4) is 0 Å². The SMILES string of the molecule is CCOC(=O)c1cn(N(C)CC(C(=O)OCC)C(=O)OCC)c2c(F)c(F)c(F)cc2c1=O. The molecule has 0 saturated heterocycles. The number of aromatic nitrogens is 1. The quantitative estimate of drug-likeness (QED) is 0.236. The molecule has 12 heteroatoms. The third kappa shape index (κ3) is 5.26. The lowest BCUT2D eigenvalue weighted by Gasteiger charge is -2.28. The predicted molar refractivity (Wildman–Crippen MR) is 110 cm³/mol. The van der Waals surface area contributed by atoms with Gasteiger partial charge in [-0.15, -0.1) is 0 Å². The number of carbonyl (C=O) groups excluding carboxylic acids is 3. The number of halogens is 3. The summed E-state index contributed by atoms with van der Waals surface area (Å²) in [6.45, 7) is 3.90. The van der Waals surface area contributed by atoms with E-state index in [1.165, 1.54) is 27.8 Å². The smallest absolute Gasteiger partial charge is 0.343 e. The third-order valence-electron chi connectivity index (χ3n) is 4.56. The molecule has 0 N–H and O–H groups in total. The van der Waals surface area contributed by atoms with E-state index in [9.17, 15) is 32.3 Å². The van der Waals surface area contributed by atoms with Crippen LogP contribution in [0.15, 0.2) is 17.1 Å². The lowest BCUT2D eigenvalue weighted by atomic mass is 10.1. The number of esters is 3. The number of hydrogen-bond acceptors (Lipinski definition) is 8. The zero-order valence-electron chi connectivity index (χ0n) is 18.4. The van der Waals surface area contributed by atoms with Gasteiger partial charge in [-0.3, -0.25) is 19.1 Å². The zero-order valence-corrected chi connectivity index (χ0v) is 18.4. The first-order valence-electron chi connectivity index (χ1n) is 10.0. The van der Waals surface area contributed by atoms with E-state index in [-0.39, 0.29) is 19.8 Å². The number of hydrogen-bond donors (Lipinski definition) is 0. The van der Waals surface area contributed by atoms with Crippen molar-refractivity contribution in [2.75, 3.05) is 38.4 Å². The van der Waals surface area contributed by atoms with Crippen molar-refractivity contribution >= 4 is 28.8 Å². The van der Waals surface area contributed by atoms with Crippen LogP contribution in [0.3, 0.4) is 0 Å². The number of nitrogens with zero attached hydrogens (tertiary/aromatic N) is 2. The third-order valence-corrected chi connectivity index (χ3v) is 4.56. The van der Waals surface area contributed by atoms with Crippen LogP contribution < -0.4 is 10.4 Å². The Hall–Kier alpha value is -3.57. The van der Waals surface area contributed by atoms with Crippen molar-refractivity contribution in [1.29, 1.82) is 0 Å². The fourth-order valence-corrected chi connectivity index (χ4v) is 3.08. The van der Waals surface area contributed by atoms with Gasteiger partial charge in [0.15, 0.2) is 23.4 Å². The van der Waals surface area contributed by atoms with Crippen LogP contribution in [0, 0.1) is 23.4 Å². The normalized spacial score (nSPS) is 10.9. The van der Waals surface area contributed by atoms with E-state index in [0.29, 0.717) is 6.07 Å². The molecule has 2 aromatic rings. The van der Waals surface area contributed by atoms with Crippen LogP contribution in [0.5, 0.6) is 0 Å². The van der Waals surface area contributed by atoms with E-state index >= 15 is 0 Å². The lowest BCUT2D eigenvalue weighted by Crippen LogP contribution is -2.43. The first-order chi connectivity index (χ1) is 15.6. The van der Waals surface area contributed by atoms with E-state index in [1.54, 1.807) is 0 Å². The van der Waals surface area contributed by atoms with Crippen molar-refractivity contribution in [2.24, 2.45) is 5.92 Å². The maximum atomic E-state index is 14.7. The molecule has 0 amide bonds. The Labute approximate surface area is 186 Å². The van der Waals surface area contributed by atoms with Crippen molar-refractivity contribution in [2.45, 2.75) is 20.8 Å². The van der Waals surface area contributed by atoms with Gasteiger partial charge in [0.1, 0.15) is 11.1 Å². The second-order valence-corrected chi connectivity index (χ2v) is 6.72. The molecule has 2 rings (SSSR count). The fraction of sp³-hybridized carbons (Fsp3) is 0.429. The molecule has 0 aliphatic heterocycles. The number of pyridine rings is 1. The average molecular weight is 472 g/mol. The summed E-state index contributed by atoms with van der Waals surface area (Å²) in [5.74, 6) is -9.63. The van der Waals surface area contributed by atoms with Gasteiger partial charge >= 0.3 is 17.9 Å². The van der Waals surface area contributed by atoms with Crippen LogP contribution in [-0.2, 0) is 23.8 Å². The molecule has 1 heterocycles. The minimum absolute atomic E-state index is 0.0362. The first kappa shape index (κ1) is 25.7. The average Bonchev–Trinajstić information content (AvgIpc) is 2.76. The fourth-order valence-electron chi connectivity index (χ4n) is 3.08. The monoisotopic (exact) mass is 472 g/mol. The van der Waals surface area contributed by atoms with Gasteiger partial charge in [0.05, 0.1) is 31.8 Å². The van der Waals surface area contributed by atoms with Crippen LogP contribution in [0.2, 0.25) is 0 Å². The molecule has 180 valence electrons. The largest absolute Gasteiger partial charge is 0.465 e. The van der Waals surface area contributed by atoms with Crippen molar-refractivity contribution in [1.82, 2.24) is 4.68 Å². The molecule has 1 aromatic heterocycles. The van der Waals surface area contributed by atoms with Crippen LogP contribution >= 0.6 is 0 Å². The molecular weight excluding hydrogens is 449 g/mol. The highest BCUT2D eigenvalue weighted by Gasteiger charge is 2.32. The van der Waals surface area contributed by atoms with E-state index in [4.69, 9.17) is 14.2 Å². The van der Waals surface area contributed by atoms with Gasteiger partial charge in [0.2, 0.25) is 5.43 Å². The minimum Gasteiger partial charge on any atom is -0.465 e. The second kappa shape index (κ2) is 10.8. The van der Waals surface area contributed by atoms with Crippen LogP contribution in [0.1, 0.15) is 31.1 Å². The van der Waals surface area contributed by atoms with Crippen molar-refractivity contribution in [3.63, 3.8) is 0 Å². The summed E-state index contributed by atoms with van der Waals surface area (Å²) in [7, 11) is 1.27. The molecule has 9 nitrogen and oxygen atoms in total. The number of rotatable bonds is 9. The maximum Gasteiger partial charge on any atom is 0.343 e. The molecule has 0 unspecified atom stereocenters. The number of carbonyl (C=O) groups is 3. The number of fused-ring (bicyclic) bond motifs is 1. The summed E-state index contributed by atoms with van der Waals surface area (Å²) in [5, 5.41) is 0.413. The zero-order chi connectivity index (χ0) is 24.9. The summed E-state index contributed by atoms with van der Waals surface area (Å²) < 4.78 is 58.0. The maximum absolute atomic E-state index is 14.7. The van der Waals surface area contributed by atoms with Gasteiger partial charge < -0.3 is 19.2 Å². The molecule has 0 radical (unpaired) electrons. The van der Waals surface area contributed by atoms with Crippen LogP contribution in [0.4, 0.5) is 13.2 Å². The summed E-state index contributed by atoms with van der Waals surface area (Å²) in [5.41, 5.74) is -2.38. The summed E-state index contributed by atoms with van der Waals surface area (Å²) >= 11 is 0. The molecule has 0 saturated carbocycles. The molecule has 1 aromatic carbocycles. The standard InChI is InChI=1S/C21H23F3N2O7/c1-5-31-19(28)12-10-26(17-11(18(12)27)8-14(22)15(23)16(17)24)25(4)9-13(20(29)32-6-2)21(30)33-7-3/h8,10,13H,5-7,9H2,1-4H3. The second-order valence-electron chi connectivity index (χ2n) is 6.72. The van der Waals surface area contributed by atoms with E-state index < -0.39 is 69.7 Å². The van der Waals surface area contributed by atoms with E-state index in [1.807, 2.05) is 0 Å². The van der Waals surface area contributed by atoms with Gasteiger partial charge in [0, 0.05) is 13.2 Å². The first-order valence-corrected chi connectivity index (χ1v) is 10.0. The highest BCUT2D eigenvalue weighted by molar-refractivity contribution is 5.96. The molecule has 0 fully saturated rings.